The summed E-state index contributed by atoms with van der Waals surface area (Å²) in [6.07, 6.45) is 0.150. The first-order chi connectivity index (χ1) is 8.86. The van der Waals surface area contributed by atoms with E-state index in [4.69, 9.17) is 9.84 Å². The van der Waals surface area contributed by atoms with Crippen LogP contribution in [0.2, 0.25) is 0 Å². The fraction of sp³-hybridized carbons (Fsp3) is 0.727. The lowest BCUT2D eigenvalue weighted by atomic mass is 10.2. The number of hydrogen-bond donors (Lipinski definition) is 4. The quantitative estimate of drug-likeness (QED) is 0.467. The fourth-order valence-corrected chi connectivity index (χ4v) is 1.24. The number of rotatable bonds is 8. The van der Waals surface area contributed by atoms with E-state index in [0.29, 0.717) is 0 Å². The molecule has 0 heterocycles. The van der Waals surface area contributed by atoms with Gasteiger partial charge < -0.3 is 25.8 Å². The molecule has 0 aliphatic heterocycles. The second-order valence-electron chi connectivity index (χ2n) is 4.22. The molecule has 0 rings (SSSR count). The number of hydrogen-bond acceptors (Lipinski definition) is 4. The highest BCUT2D eigenvalue weighted by Crippen LogP contribution is 1.92. The van der Waals surface area contributed by atoms with Crippen molar-refractivity contribution < 1.29 is 24.2 Å². The fourth-order valence-electron chi connectivity index (χ4n) is 1.24. The number of carboxylic acids is 1. The third kappa shape index (κ3) is 8.83. The molecule has 0 fully saturated rings. The molecule has 0 aromatic carbocycles. The third-order valence-corrected chi connectivity index (χ3v) is 2.07. The molecule has 0 spiro atoms. The maximum absolute atomic E-state index is 11.4. The van der Waals surface area contributed by atoms with Gasteiger partial charge in [-0.15, -0.1) is 0 Å². The topological polar surface area (TPSA) is 117 Å². The van der Waals surface area contributed by atoms with Gasteiger partial charge in [-0.05, 0) is 13.8 Å². The van der Waals surface area contributed by atoms with E-state index in [0.717, 1.165) is 0 Å². The predicted molar refractivity (Wildman–Crippen MR) is 67.7 cm³/mol. The van der Waals surface area contributed by atoms with Gasteiger partial charge in [0.05, 0.1) is 6.54 Å². The van der Waals surface area contributed by atoms with Crippen LogP contribution in [0.4, 0.5) is 4.79 Å². The van der Waals surface area contributed by atoms with E-state index in [1.807, 2.05) is 0 Å². The van der Waals surface area contributed by atoms with Crippen molar-refractivity contribution in [3.05, 3.63) is 0 Å². The number of nitrogens with one attached hydrogen (secondary N) is 3. The molecule has 0 aliphatic rings. The molecule has 0 saturated carbocycles. The first-order valence-corrected chi connectivity index (χ1v) is 5.92. The highest BCUT2D eigenvalue weighted by atomic mass is 16.5. The van der Waals surface area contributed by atoms with Gasteiger partial charge in [0.2, 0.25) is 5.91 Å². The Kier molecular flexibility index (Phi) is 8.27. The summed E-state index contributed by atoms with van der Waals surface area (Å²) >= 11 is 0. The van der Waals surface area contributed by atoms with Gasteiger partial charge in [-0.2, -0.15) is 0 Å². The highest BCUT2D eigenvalue weighted by Gasteiger charge is 2.19. The van der Waals surface area contributed by atoms with Crippen LogP contribution in [-0.4, -0.2) is 55.4 Å². The summed E-state index contributed by atoms with van der Waals surface area (Å²) in [5, 5.41) is 16.0. The molecule has 19 heavy (non-hydrogen) atoms. The molecule has 1 atom stereocenters. The minimum atomic E-state index is -1.15. The average molecular weight is 275 g/mol. The molecule has 1 unspecified atom stereocenters. The van der Waals surface area contributed by atoms with Gasteiger partial charge >= 0.3 is 12.0 Å². The number of carbonyl (C=O) groups excluding carboxylic acids is 2. The van der Waals surface area contributed by atoms with Crippen molar-refractivity contribution in [2.45, 2.75) is 32.4 Å². The number of aliphatic carboxylic acids is 1. The molecule has 0 radical (unpaired) electrons. The maximum Gasteiger partial charge on any atom is 0.326 e. The van der Waals surface area contributed by atoms with Gasteiger partial charge in [0, 0.05) is 26.2 Å². The number of carbonyl (C=O) groups is 3. The van der Waals surface area contributed by atoms with Crippen molar-refractivity contribution in [3.8, 4) is 0 Å². The first kappa shape index (κ1) is 17.2. The number of amides is 3. The van der Waals surface area contributed by atoms with Gasteiger partial charge in [-0.1, -0.05) is 0 Å². The zero-order chi connectivity index (χ0) is 14.8. The summed E-state index contributed by atoms with van der Waals surface area (Å²) in [7, 11) is 1.44. The minimum Gasteiger partial charge on any atom is -0.480 e. The van der Waals surface area contributed by atoms with Crippen LogP contribution in [0, 0.1) is 0 Å². The molecule has 110 valence electrons. The van der Waals surface area contributed by atoms with Crippen molar-refractivity contribution in [1.82, 2.24) is 16.0 Å². The van der Waals surface area contributed by atoms with Gasteiger partial charge in [-0.25, -0.2) is 9.59 Å². The monoisotopic (exact) mass is 275 g/mol. The first-order valence-electron chi connectivity index (χ1n) is 5.92. The summed E-state index contributed by atoms with van der Waals surface area (Å²) in [6, 6.07) is -1.78. The second kappa shape index (κ2) is 9.15. The van der Waals surface area contributed by atoms with Crippen LogP contribution in [0.5, 0.6) is 0 Å². The van der Waals surface area contributed by atoms with Crippen LogP contribution < -0.4 is 16.0 Å². The van der Waals surface area contributed by atoms with Gasteiger partial charge in [0.25, 0.3) is 0 Å². The zero-order valence-electron chi connectivity index (χ0n) is 11.4. The van der Waals surface area contributed by atoms with Crippen molar-refractivity contribution in [1.29, 1.82) is 0 Å². The van der Waals surface area contributed by atoms with Crippen LogP contribution in [0.25, 0.3) is 0 Å². The van der Waals surface area contributed by atoms with Crippen molar-refractivity contribution in [2.75, 3.05) is 20.3 Å². The molecule has 0 aromatic rings. The highest BCUT2D eigenvalue weighted by molar-refractivity contribution is 5.86. The van der Waals surface area contributed by atoms with E-state index in [2.05, 4.69) is 16.0 Å². The molecule has 8 heteroatoms. The summed E-state index contributed by atoms with van der Waals surface area (Å²) in [5.41, 5.74) is 0. The second-order valence-corrected chi connectivity index (χ2v) is 4.22. The summed E-state index contributed by atoms with van der Waals surface area (Å²) in [6.45, 7) is 3.60. The van der Waals surface area contributed by atoms with Crippen LogP contribution in [0.1, 0.15) is 20.3 Å². The standard InChI is InChI=1S/C11H21N3O5/c1-7(2)13-9(15)6-12-11(18)14-8(10(16)17)4-5-19-3/h7-8H,4-6H2,1-3H3,(H,13,15)(H,16,17)(H2,12,14,18). The molecule has 8 nitrogen and oxygen atoms in total. The Hall–Kier alpha value is -1.83. The lowest BCUT2D eigenvalue weighted by molar-refractivity contribution is -0.139. The van der Waals surface area contributed by atoms with Gasteiger partial charge in [0.1, 0.15) is 6.04 Å². The summed E-state index contributed by atoms with van der Waals surface area (Å²) < 4.78 is 4.75. The number of methoxy groups -OCH3 is 1. The molecule has 0 aliphatic carbocycles. The Morgan fingerprint density at radius 1 is 1.21 bits per heavy atom. The van der Waals surface area contributed by atoms with Gasteiger partial charge in [0.15, 0.2) is 0 Å². The summed E-state index contributed by atoms with van der Waals surface area (Å²) in [5.74, 6) is -1.49. The Balaban J connectivity index is 4.06. The van der Waals surface area contributed by atoms with E-state index in [-0.39, 0.29) is 31.5 Å². The molecular formula is C11H21N3O5. The lowest BCUT2D eigenvalue weighted by Crippen LogP contribution is -2.49. The number of carboxylic acid groups (broad SMARTS) is 1. The predicted octanol–water partition coefficient (Wildman–Crippen LogP) is -0.700. The molecule has 3 amide bonds. The number of ether oxygens (including phenoxy) is 1. The van der Waals surface area contributed by atoms with Gasteiger partial charge in [-0.3, -0.25) is 4.79 Å². The average Bonchev–Trinajstić information content (AvgIpc) is 2.30. The zero-order valence-corrected chi connectivity index (χ0v) is 11.4. The Morgan fingerprint density at radius 3 is 2.32 bits per heavy atom. The SMILES string of the molecule is COCCC(NC(=O)NCC(=O)NC(C)C)C(=O)O. The molecule has 4 N–H and O–H groups in total. The van der Waals surface area contributed by atoms with Crippen molar-refractivity contribution in [3.63, 3.8) is 0 Å². The van der Waals surface area contributed by atoms with E-state index >= 15 is 0 Å². The van der Waals surface area contributed by atoms with Crippen LogP contribution >= 0.6 is 0 Å². The van der Waals surface area contributed by atoms with Crippen molar-refractivity contribution in [2.24, 2.45) is 0 Å². The molecule has 0 bridgehead atoms. The lowest BCUT2D eigenvalue weighted by Gasteiger charge is -2.15. The van der Waals surface area contributed by atoms with E-state index < -0.39 is 18.0 Å². The van der Waals surface area contributed by atoms with Crippen LogP contribution in [0.15, 0.2) is 0 Å². The van der Waals surface area contributed by atoms with Crippen LogP contribution in [-0.2, 0) is 14.3 Å². The Bertz CT molecular complexity index is 319. The largest absolute Gasteiger partial charge is 0.480 e. The molecule has 0 saturated heterocycles. The van der Waals surface area contributed by atoms with Crippen LogP contribution in [0.3, 0.4) is 0 Å². The van der Waals surface area contributed by atoms with E-state index in [1.165, 1.54) is 7.11 Å². The van der Waals surface area contributed by atoms with Crippen molar-refractivity contribution >= 4 is 17.9 Å². The maximum atomic E-state index is 11.4. The van der Waals surface area contributed by atoms with E-state index in [9.17, 15) is 14.4 Å². The third-order valence-electron chi connectivity index (χ3n) is 2.07. The Labute approximate surface area is 111 Å². The Morgan fingerprint density at radius 2 is 1.84 bits per heavy atom. The minimum absolute atomic E-state index is 0.0224. The molecule has 0 aromatic heterocycles. The smallest absolute Gasteiger partial charge is 0.326 e. The number of urea groups is 1. The summed E-state index contributed by atoms with van der Waals surface area (Å²) in [4.78, 5) is 33.5. The molecular weight excluding hydrogens is 254 g/mol. The normalized spacial score (nSPS) is 11.8. The van der Waals surface area contributed by atoms with E-state index in [1.54, 1.807) is 13.8 Å².